The number of carbonyl (C=O) groups is 2. The van der Waals surface area contributed by atoms with Crippen LogP contribution in [0.5, 0.6) is 5.75 Å². The van der Waals surface area contributed by atoms with E-state index in [4.69, 9.17) is 15.5 Å². The van der Waals surface area contributed by atoms with E-state index in [2.05, 4.69) is 10.3 Å². The topological polar surface area (TPSA) is 114 Å². The molecule has 3 aromatic rings. The number of benzene rings is 2. The van der Waals surface area contributed by atoms with E-state index in [1.165, 1.54) is 4.90 Å². The van der Waals surface area contributed by atoms with Gasteiger partial charge in [0, 0.05) is 23.9 Å². The van der Waals surface area contributed by atoms with Crippen LogP contribution in [0, 0.1) is 5.92 Å². The van der Waals surface area contributed by atoms with E-state index >= 15 is 0 Å². The van der Waals surface area contributed by atoms with Crippen LogP contribution >= 0.6 is 0 Å². The number of aromatic nitrogens is 2. The average molecular weight is 539 g/mol. The molecule has 1 aliphatic heterocycles. The quantitative estimate of drug-likeness (QED) is 0.443. The molecule has 2 heterocycles. The molecule has 1 aliphatic carbocycles. The molecule has 1 unspecified atom stereocenters. The summed E-state index contributed by atoms with van der Waals surface area (Å²) in [5.41, 5.74) is 9.24. The minimum Gasteiger partial charge on any atom is -0.497 e. The van der Waals surface area contributed by atoms with Crippen molar-refractivity contribution < 1.29 is 14.3 Å². The van der Waals surface area contributed by atoms with Crippen molar-refractivity contribution in [2.24, 2.45) is 11.7 Å². The Hall–Kier alpha value is -4.34. The van der Waals surface area contributed by atoms with Gasteiger partial charge < -0.3 is 15.4 Å². The van der Waals surface area contributed by atoms with Gasteiger partial charge in [-0.15, -0.1) is 0 Å². The van der Waals surface area contributed by atoms with Crippen molar-refractivity contribution >= 4 is 34.7 Å². The lowest BCUT2D eigenvalue weighted by Gasteiger charge is -2.36. The number of allylic oxidation sites excluding steroid dienone is 2. The molecule has 0 saturated carbocycles. The van der Waals surface area contributed by atoms with Crippen LogP contribution in [0.25, 0.3) is 5.57 Å². The normalized spacial score (nSPS) is 17.3. The Kier molecular flexibility index (Phi) is 8.04. The van der Waals surface area contributed by atoms with Crippen LogP contribution in [0.2, 0.25) is 0 Å². The minimum atomic E-state index is -0.711. The number of rotatable bonds is 8. The summed E-state index contributed by atoms with van der Waals surface area (Å²) in [6, 6.07) is 15.4. The fraction of sp³-hybridized carbons (Fsp3) is 0.290. The highest BCUT2D eigenvalue weighted by atomic mass is 16.5. The Labute approximate surface area is 234 Å². The van der Waals surface area contributed by atoms with Gasteiger partial charge in [-0.2, -0.15) is 4.98 Å². The first-order valence-corrected chi connectivity index (χ1v) is 13.4. The van der Waals surface area contributed by atoms with Gasteiger partial charge in [0.15, 0.2) is 5.78 Å². The van der Waals surface area contributed by atoms with Crippen molar-refractivity contribution in [3.05, 3.63) is 90.1 Å². The molecule has 1 amide bonds. The van der Waals surface area contributed by atoms with E-state index in [0.29, 0.717) is 36.7 Å². The van der Waals surface area contributed by atoms with Gasteiger partial charge in [-0.3, -0.25) is 14.9 Å². The number of ketones is 1. The van der Waals surface area contributed by atoms with Gasteiger partial charge in [0.1, 0.15) is 17.6 Å². The van der Waals surface area contributed by atoms with Crippen molar-refractivity contribution in [2.75, 3.05) is 23.6 Å². The molecule has 2 atom stereocenters. The number of fused-ring (bicyclic) bond motifs is 1. The first-order chi connectivity index (χ1) is 19.4. The van der Waals surface area contributed by atoms with Gasteiger partial charge in [-0.1, -0.05) is 62.4 Å². The number of para-hydroxylation sites is 1. The first-order valence-electron chi connectivity index (χ1n) is 13.4. The molecule has 206 valence electrons. The predicted octanol–water partition coefficient (Wildman–Crippen LogP) is 3.98. The van der Waals surface area contributed by atoms with Crippen LogP contribution in [-0.4, -0.2) is 47.5 Å². The Balaban J connectivity index is 1.50. The van der Waals surface area contributed by atoms with Crippen LogP contribution in [0.15, 0.2) is 79.0 Å². The maximum atomic E-state index is 13.8. The maximum absolute atomic E-state index is 13.8. The molecule has 0 bridgehead atoms. The molecule has 9 heteroatoms. The number of methoxy groups -OCH3 is 1. The lowest BCUT2D eigenvalue weighted by molar-refractivity contribution is -0.119. The molecule has 1 aromatic heterocycles. The molecule has 2 aromatic carbocycles. The number of nitrogens with zero attached hydrogens (tertiary/aromatic N) is 4. The number of nitrogens with one attached hydrogen (secondary N) is 1. The number of anilines is 3. The zero-order chi connectivity index (χ0) is 28.2. The van der Waals surface area contributed by atoms with Crippen molar-refractivity contribution in [2.45, 2.75) is 38.9 Å². The number of nitrogens with two attached hydrogens (primary N) is 1. The fourth-order valence-electron chi connectivity index (χ4n) is 5.02. The third-order valence-electron chi connectivity index (χ3n) is 7.00. The van der Waals surface area contributed by atoms with Crippen molar-refractivity contribution in [3.8, 4) is 5.75 Å². The number of hydrogen-bond acceptors (Lipinski definition) is 8. The Morgan fingerprint density at radius 1 is 1.18 bits per heavy atom. The Bertz CT molecular complexity index is 1440. The lowest BCUT2D eigenvalue weighted by atomic mass is 9.92. The minimum absolute atomic E-state index is 0.0440. The second-order valence-corrected chi connectivity index (χ2v) is 10.3. The van der Waals surface area contributed by atoms with Crippen LogP contribution in [0.1, 0.15) is 31.4 Å². The average Bonchev–Trinajstić information content (AvgIpc) is 2.97. The van der Waals surface area contributed by atoms with E-state index in [0.717, 1.165) is 16.9 Å². The van der Waals surface area contributed by atoms with Gasteiger partial charge in [0.05, 0.1) is 25.5 Å². The molecule has 0 fully saturated rings. The largest absolute Gasteiger partial charge is 0.497 e. The maximum Gasteiger partial charge on any atom is 0.250 e. The van der Waals surface area contributed by atoms with Crippen molar-refractivity contribution in [1.82, 2.24) is 15.3 Å². The summed E-state index contributed by atoms with van der Waals surface area (Å²) in [5, 5.41) is 3.34. The van der Waals surface area contributed by atoms with Gasteiger partial charge in [0.25, 0.3) is 5.91 Å². The summed E-state index contributed by atoms with van der Waals surface area (Å²) in [6.07, 6.45) is 7.84. The number of ether oxygens (including phenoxy) is 1. The Morgan fingerprint density at radius 3 is 2.62 bits per heavy atom. The summed E-state index contributed by atoms with van der Waals surface area (Å²) in [5.74, 6) is 1.48. The highest BCUT2D eigenvalue weighted by molar-refractivity contribution is 6.26. The van der Waals surface area contributed by atoms with Gasteiger partial charge in [-0.05, 0) is 42.2 Å². The zero-order valence-electron chi connectivity index (χ0n) is 22.9. The first kappa shape index (κ1) is 27.2. The van der Waals surface area contributed by atoms with Crippen LogP contribution in [-0.2, 0) is 16.1 Å². The highest BCUT2D eigenvalue weighted by Gasteiger charge is 2.34. The second kappa shape index (κ2) is 11.8. The molecule has 40 heavy (non-hydrogen) atoms. The number of carbonyl (C=O) groups excluding carboxylic acids is 2. The summed E-state index contributed by atoms with van der Waals surface area (Å²) >= 11 is 0. The number of amides is 1. The van der Waals surface area contributed by atoms with Crippen LogP contribution in [0.3, 0.4) is 0 Å². The van der Waals surface area contributed by atoms with Crippen LogP contribution in [0.4, 0.5) is 17.5 Å². The monoisotopic (exact) mass is 538 g/mol. The fourth-order valence-corrected chi connectivity index (χ4v) is 5.02. The smallest absolute Gasteiger partial charge is 0.250 e. The molecule has 2 aliphatic rings. The molecule has 0 saturated heterocycles. The van der Waals surface area contributed by atoms with E-state index in [-0.39, 0.29) is 23.6 Å². The van der Waals surface area contributed by atoms with E-state index in [1.54, 1.807) is 13.3 Å². The number of Topliss-reactive ketones (excluding diaryl/α,β-unsaturated/α-hetero) is 1. The summed E-state index contributed by atoms with van der Waals surface area (Å²) < 4.78 is 5.27. The third kappa shape index (κ3) is 5.52. The van der Waals surface area contributed by atoms with Crippen molar-refractivity contribution in [3.63, 3.8) is 0 Å². The van der Waals surface area contributed by atoms with E-state index < -0.39 is 12.1 Å². The van der Waals surface area contributed by atoms with E-state index in [1.807, 2.05) is 91.6 Å². The van der Waals surface area contributed by atoms with Crippen LogP contribution < -0.4 is 25.6 Å². The second-order valence-electron chi connectivity index (χ2n) is 10.3. The standard InChI is InChI=1S/C31H34N6O3/c1-20(2)16-26(32)30(39)37(23-8-5-4-6-9-23)31-34-18-22-17-33-19-36(29(22)35-31)27-11-7-10-25(28(27)38)21-12-14-24(40-3)15-13-21/h4-15,18,20,26-27,33H,16-17,19,32H2,1-3H3/t26-,27?/m0/s1. The predicted molar refractivity (Wildman–Crippen MR) is 156 cm³/mol. The summed E-state index contributed by atoms with van der Waals surface area (Å²) in [4.78, 5) is 40.3. The van der Waals surface area contributed by atoms with E-state index in [9.17, 15) is 9.59 Å². The molecule has 3 N–H and O–H groups in total. The molecule has 9 nitrogen and oxygen atoms in total. The zero-order valence-corrected chi connectivity index (χ0v) is 22.9. The number of hydrogen-bond donors (Lipinski definition) is 2. The van der Waals surface area contributed by atoms with Gasteiger partial charge >= 0.3 is 0 Å². The molecular formula is C31H34N6O3. The lowest BCUT2D eigenvalue weighted by Crippen LogP contribution is -2.50. The molecule has 5 rings (SSSR count). The molecule has 0 spiro atoms. The molecular weight excluding hydrogens is 504 g/mol. The van der Waals surface area contributed by atoms with Crippen molar-refractivity contribution in [1.29, 1.82) is 0 Å². The highest BCUT2D eigenvalue weighted by Crippen LogP contribution is 2.32. The summed E-state index contributed by atoms with van der Waals surface area (Å²) in [7, 11) is 1.61. The summed E-state index contributed by atoms with van der Waals surface area (Å²) in [6.45, 7) is 5.02. The van der Waals surface area contributed by atoms with Gasteiger partial charge in [-0.25, -0.2) is 9.88 Å². The van der Waals surface area contributed by atoms with Gasteiger partial charge in [0.2, 0.25) is 5.95 Å². The third-order valence-corrected chi connectivity index (χ3v) is 7.00. The molecule has 0 radical (unpaired) electrons. The SMILES string of the molecule is COc1ccc(C2=CC=CC(N3CNCc4cnc(N(C(=O)[C@@H](N)CC(C)C)c5ccccc5)nc43)C2=O)cc1. The Morgan fingerprint density at radius 2 is 1.93 bits per heavy atom.